The molecule has 3 rings (SSSR count). The van der Waals surface area contributed by atoms with Crippen LogP contribution in [-0.2, 0) is 17.8 Å². The summed E-state index contributed by atoms with van der Waals surface area (Å²) < 4.78 is 14.6. The van der Waals surface area contributed by atoms with Crippen molar-refractivity contribution in [1.29, 1.82) is 0 Å². The van der Waals surface area contributed by atoms with Gasteiger partial charge in [0.25, 0.3) is 0 Å². The number of aromatic nitrogens is 3. The van der Waals surface area contributed by atoms with E-state index in [0.717, 1.165) is 16.7 Å². The van der Waals surface area contributed by atoms with E-state index in [1.165, 1.54) is 12.1 Å². The molecule has 0 bridgehead atoms. The smallest absolute Gasteiger partial charge is 0.224 e. The minimum atomic E-state index is -0.303. The Hall–Kier alpha value is -3.02. The molecule has 0 aliphatic carbocycles. The Bertz CT molecular complexity index is 799. The monoisotopic (exact) mass is 324 g/mol. The van der Waals surface area contributed by atoms with Gasteiger partial charge in [0.15, 0.2) is 0 Å². The minimum Gasteiger partial charge on any atom is -0.354 e. The standard InChI is InChI=1S/C18H17FN4O/c19-17-5-3-14(4-6-17)10-18(24)21-8-9-23-13-16(12-22-23)15-2-1-7-20-11-15/h1-7,11-13H,8-10H2,(H,21,24). The maximum absolute atomic E-state index is 12.8. The van der Waals surface area contributed by atoms with E-state index in [9.17, 15) is 9.18 Å². The van der Waals surface area contributed by atoms with Crippen LogP contribution in [0, 0.1) is 5.82 Å². The topological polar surface area (TPSA) is 59.8 Å². The largest absolute Gasteiger partial charge is 0.354 e. The number of nitrogens with zero attached hydrogens (tertiary/aromatic N) is 3. The number of hydrogen-bond acceptors (Lipinski definition) is 3. The lowest BCUT2D eigenvalue weighted by Crippen LogP contribution is -2.28. The van der Waals surface area contributed by atoms with Crippen molar-refractivity contribution in [3.63, 3.8) is 0 Å². The molecule has 1 aromatic carbocycles. The van der Waals surface area contributed by atoms with Crippen LogP contribution in [0.1, 0.15) is 5.56 Å². The van der Waals surface area contributed by atoms with E-state index in [4.69, 9.17) is 0 Å². The van der Waals surface area contributed by atoms with E-state index in [1.807, 2.05) is 18.3 Å². The number of rotatable bonds is 6. The summed E-state index contributed by atoms with van der Waals surface area (Å²) in [5.74, 6) is -0.400. The lowest BCUT2D eigenvalue weighted by atomic mass is 10.1. The van der Waals surface area contributed by atoms with Crippen molar-refractivity contribution in [3.8, 4) is 11.1 Å². The molecule has 6 heteroatoms. The Kier molecular flexibility index (Phi) is 4.96. The molecule has 0 atom stereocenters. The van der Waals surface area contributed by atoms with Gasteiger partial charge in [-0.15, -0.1) is 0 Å². The fourth-order valence-corrected chi connectivity index (χ4v) is 2.33. The summed E-state index contributed by atoms with van der Waals surface area (Å²) in [6, 6.07) is 9.78. The fraction of sp³-hybridized carbons (Fsp3) is 0.167. The fourth-order valence-electron chi connectivity index (χ4n) is 2.33. The van der Waals surface area contributed by atoms with Crippen LogP contribution in [0.2, 0.25) is 0 Å². The molecule has 0 saturated heterocycles. The SMILES string of the molecule is O=C(Cc1ccc(F)cc1)NCCn1cc(-c2cccnc2)cn1. The van der Waals surface area contributed by atoms with Crippen LogP contribution < -0.4 is 5.32 Å². The molecule has 0 unspecified atom stereocenters. The molecule has 0 aliphatic rings. The van der Waals surface area contributed by atoms with E-state index in [-0.39, 0.29) is 18.1 Å². The molecule has 0 saturated carbocycles. The van der Waals surface area contributed by atoms with Crippen molar-refractivity contribution in [2.75, 3.05) is 6.54 Å². The van der Waals surface area contributed by atoms with E-state index in [0.29, 0.717) is 13.1 Å². The first kappa shape index (κ1) is 15.9. The van der Waals surface area contributed by atoms with Gasteiger partial charge in [-0.25, -0.2) is 4.39 Å². The van der Waals surface area contributed by atoms with Gasteiger partial charge in [-0.1, -0.05) is 18.2 Å². The van der Waals surface area contributed by atoms with Crippen LogP contribution >= 0.6 is 0 Å². The average Bonchev–Trinajstić information content (AvgIpc) is 3.07. The van der Waals surface area contributed by atoms with Gasteiger partial charge in [-0.2, -0.15) is 5.10 Å². The second kappa shape index (κ2) is 7.50. The van der Waals surface area contributed by atoms with Crippen molar-refractivity contribution in [2.45, 2.75) is 13.0 Å². The van der Waals surface area contributed by atoms with Gasteiger partial charge >= 0.3 is 0 Å². The average molecular weight is 324 g/mol. The number of carbonyl (C=O) groups excluding carboxylic acids is 1. The van der Waals surface area contributed by atoms with Gasteiger partial charge in [0.2, 0.25) is 5.91 Å². The molecular weight excluding hydrogens is 307 g/mol. The Labute approximate surface area is 139 Å². The second-order valence-electron chi connectivity index (χ2n) is 5.39. The Balaban J connectivity index is 1.47. The molecule has 1 N–H and O–H groups in total. The van der Waals surface area contributed by atoms with Gasteiger partial charge in [0.1, 0.15) is 5.82 Å². The van der Waals surface area contributed by atoms with E-state index >= 15 is 0 Å². The number of hydrogen-bond donors (Lipinski definition) is 1. The van der Waals surface area contributed by atoms with Crippen LogP contribution in [0.4, 0.5) is 4.39 Å². The van der Waals surface area contributed by atoms with Crippen molar-refractivity contribution in [3.05, 3.63) is 72.6 Å². The number of benzene rings is 1. The number of nitrogens with one attached hydrogen (secondary N) is 1. The van der Waals surface area contributed by atoms with Crippen molar-refractivity contribution in [1.82, 2.24) is 20.1 Å². The zero-order valence-corrected chi connectivity index (χ0v) is 13.0. The number of halogens is 1. The summed E-state index contributed by atoms with van der Waals surface area (Å²) in [5, 5.41) is 7.12. The van der Waals surface area contributed by atoms with Gasteiger partial charge in [-0.3, -0.25) is 14.5 Å². The third-order valence-electron chi connectivity index (χ3n) is 3.57. The Morgan fingerprint density at radius 3 is 2.71 bits per heavy atom. The first-order valence-corrected chi connectivity index (χ1v) is 7.65. The third-order valence-corrected chi connectivity index (χ3v) is 3.57. The van der Waals surface area contributed by atoms with Crippen molar-refractivity contribution >= 4 is 5.91 Å². The maximum atomic E-state index is 12.8. The molecule has 122 valence electrons. The molecule has 0 radical (unpaired) electrons. The van der Waals surface area contributed by atoms with Crippen LogP contribution in [0.15, 0.2) is 61.2 Å². The molecule has 0 fully saturated rings. The zero-order valence-electron chi connectivity index (χ0n) is 13.0. The molecule has 2 aromatic heterocycles. The summed E-state index contributed by atoms with van der Waals surface area (Å²) in [6.07, 6.45) is 7.44. The first-order chi connectivity index (χ1) is 11.7. The minimum absolute atomic E-state index is 0.0961. The summed E-state index contributed by atoms with van der Waals surface area (Å²) in [6.45, 7) is 1.06. The van der Waals surface area contributed by atoms with E-state index < -0.39 is 0 Å². The summed E-state index contributed by atoms with van der Waals surface area (Å²) in [4.78, 5) is 16.0. The highest BCUT2D eigenvalue weighted by Gasteiger charge is 2.05. The normalized spacial score (nSPS) is 10.5. The summed E-state index contributed by atoms with van der Waals surface area (Å²) in [7, 11) is 0. The highest BCUT2D eigenvalue weighted by atomic mass is 19.1. The van der Waals surface area contributed by atoms with Crippen molar-refractivity contribution < 1.29 is 9.18 Å². The van der Waals surface area contributed by atoms with Crippen LogP contribution in [0.3, 0.4) is 0 Å². The Morgan fingerprint density at radius 2 is 1.96 bits per heavy atom. The predicted octanol–water partition coefficient (Wildman–Crippen LogP) is 2.44. The maximum Gasteiger partial charge on any atom is 0.224 e. The van der Waals surface area contributed by atoms with Gasteiger partial charge in [-0.05, 0) is 23.8 Å². The molecule has 5 nitrogen and oxygen atoms in total. The number of carbonyl (C=O) groups is 1. The summed E-state index contributed by atoms with van der Waals surface area (Å²) in [5.41, 5.74) is 2.77. The molecule has 1 amide bonds. The van der Waals surface area contributed by atoms with Gasteiger partial charge in [0, 0.05) is 36.3 Å². The van der Waals surface area contributed by atoms with E-state index in [2.05, 4.69) is 15.4 Å². The first-order valence-electron chi connectivity index (χ1n) is 7.65. The number of amides is 1. The summed E-state index contributed by atoms with van der Waals surface area (Å²) >= 11 is 0. The molecule has 3 aromatic rings. The third kappa shape index (κ3) is 4.25. The van der Waals surface area contributed by atoms with Crippen LogP contribution in [0.25, 0.3) is 11.1 Å². The molecule has 2 heterocycles. The second-order valence-corrected chi connectivity index (χ2v) is 5.39. The number of pyridine rings is 1. The highest BCUT2D eigenvalue weighted by Crippen LogP contribution is 2.16. The highest BCUT2D eigenvalue weighted by molar-refractivity contribution is 5.78. The van der Waals surface area contributed by atoms with Gasteiger partial charge < -0.3 is 5.32 Å². The quantitative estimate of drug-likeness (QED) is 0.757. The lowest BCUT2D eigenvalue weighted by molar-refractivity contribution is -0.120. The lowest BCUT2D eigenvalue weighted by Gasteiger charge is -2.05. The predicted molar refractivity (Wildman–Crippen MR) is 88.6 cm³/mol. The van der Waals surface area contributed by atoms with Crippen molar-refractivity contribution in [2.24, 2.45) is 0 Å². The molecule has 0 spiro atoms. The molecular formula is C18H17FN4O. The van der Waals surface area contributed by atoms with Gasteiger partial charge in [0.05, 0.1) is 19.2 Å². The van der Waals surface area contributed by atoms with Crippen LogP contribution in [0.5, 0.6) is 0 Å². The molecule has 24 heavy (non-hydrogen) atoms. The van der Waals surface area contributed by atoms with E-state index in [1.54, 1.807) is 35.4 Å². The molecule has 0 aliphatic heterocycles. The van der Waals surface area contributed by atoms with Crippen LogP contribution in [-0.4, -0.2) is 27.2 Å². The zero-order chi connectivity index (χ0) is 16.8. The Morgan fingerprint density at radius 1 is 1.12 bits per heavy atom.